The number of aromatic nitrogens is 2. The molecule has 1 aliphatic rings. The smallest absolute Gasteiger partial charge is 0.0863 e. The van der Waals surface area contributed by atoms with Crippen LogP contribution >= 0.6 is 27.5 Å². The lowest BCUT2D eigenvalue weighted by Crippen LogP contribution is -2.33. The molecule has 18 heavy (non-hydrogen) atoms. The Balaban J connectivity index is 2.17. The fourth-order valence-corrected chi connectivity index (χ4v) is 4.12. The third kappa shape index (κ3) is 2.61. The largest absolute Gasteiger partial charge is 0.293 e. The van der Waals surface area contributed by atoms with Gasteiger partial charge in [-0.05, 0) is 25.3 Å². The standard InChI is InChI=1S/C13H21BrClN3/c1-4-10-13(15)12(17(3)16-10)8-18-6-5-9(2)11(18)7-14/h9,11H,4-8H2,1-3H3. The van der Waals surface area contributed by atoms with Crippen LogP contribution in [0.5, 0.6) is 0 Å². The van der Waals surface area contributed by atoms with Crippen LogP contribution < -0.4 is 0 Å². The van der Waals surface area contributed by atoms with Crippen molar-refractivity contribution < 1.29 is 0 Å². The molecule has 2 unspecified atom stereocenters. The van der Waals surface area contributed by atoms with Crippen LogP contribution in [0.25, 0.3) is 0 Å². The van der Waals surface area contributed by atoms with E-state index in [1.807, 2.05) is 11.7 Å². The molecular weight excluding hydrogens is 314 g/mol. The minimum absolute atomic E-state index is 0.612. The highest BCUT2D eigenvalue weighted by Crippen LogP contribution is 2.29. The molecule has 0 aromatic carbocycles. The third-order valence-electron chi connectivity index (χ3n) is 4.01. The van der Waals surface area contributed by atoms with Crippen molar-refractivity contribution in [3.63, 3.8) is 0 Å². The van der Waals surface area contributed by atoms with E-state index >= 15 is 0 Å². The molecule has 3 nitrogen and oxygen atoms in total. The Hall–Kier alpha value is -0.0600. The molecule has 0 aliphatic carbocycles. The lowest BCUT2D eigenvalue weighted by Gasteiger charge is -2.25. The lowest BCUT2D eigenvalue weighted by molar-refractivity contribution is 0.238. The molecule has 1 aromatic heterocycles. The predicted octanol–water partition coefficient (Wildman–Crippen LogP) is 3.24. The predicted molar refractivity (Wildman–Crippen MR) is 79.4 cm³/mol. The maximum atomic E-state index is 6.41. The summed E-state index contributed by atoms with van der Waals surface area (Å²) < 4.78 is 1.94. The first-order valence-corrected chi connectivity index (χ1v) is 8.08. The molecule has 1 saturated heterocycles. The van der Waals surface area contributed by atoms with Crippen LogP contribution in [0.15, 0.2) is 0 Å². The highest BCUT2D eigenvalue weighted by atomic mass is 79.9. The van der Waals surface area contributed by atoms with Gasteiger partial charge in [-0.15, -0.1) is 0 Å². The van der Waals surface area contributed by atoms with Crippen molar-refractivity contribution in [2.45, 2.75) is 39.3 Å². The number of hydrogen-bond acceptors (Lipinski definition) is 2. The molecule has 5 heteroatoms. The number of hydrogen-bond donors (Lipinski definition) is 0. The first-order chi connectivity index (χ1) is 8.58. The maximum absolute atomic E-state index is 6.41. The molecule has 0 radical (unpaired) electrons. The summed E-state index contributed by atoms with van der Waals surface area (Å²) in [4.78, 5) is 2.52. The molecular formula is C13H21BrClN3. The molecule has 0 spiro atoms. The van der Waals surface area contributed by atoms with E-state index in [1.54, 1.807) is 0 Å². The first-order valence-electron chi connectivity index (χ1n) is 6.58. The van der Waals surface area contributed by atoms with Crippen LogP contribution in [-0.2, 0) is 20.0 Å². The number of likely N-dealkylation sites (tertiary alicyclic amines) is 1. The van der Waals surface area contributed by atoms with Gasteiger partial charge < -0.3 is 0 Å². The van der Waals surface area contributed by atoms with E-state index in [-0.39, 0.29) is 0 Å². The average molecular weight is 335 g/mol. The van der Waals surface area contributed by atoms with Crippen LogP contribution in [-0.4, -0.2) is 32.6 Å². The Morgan fingerprint density at radius 2 is 2.22 bits per heavy atom. The van der Waals surface area contributed by atoms with Gasteiger partial charge >= 0.3 is 0 Å². The van der Waals surface area contributed by atoms with E-state index in [4.69, 9.17) is 11.6 Å². The van der Waals surface area contributed by atoms with Gasteiger partial charge in [0.25, 0.3) is 0 Å². The van der Waals surface area contributed by atoms with Crippen molar-refractivity contribution in [3.05, 3.63) is 16.4 Å². The van der Waals surface area contributed by atoms with Gasteiger partial charge in [0.2, 0.25) is 0 Å². The Morgan fingerprint density at radius 1 is 1.50 bits per heavy atom. The Bertz CT molecular complexity index is 419. The molecule has 2 heterocycles. The fourth-order valence-electron chi connectivity index (χ4n) is 2.72. The molecule has 2 rings (SSSR count). The Morgan fingerprint density at radius 3 is 2.78 bits per heavy atom. The van der Waals surface area contributed by atoms with E-state index in [0.29, 0.717) is 6.04 Å². The van der Waals surface area contributed by atoms with Crippen LogP contribution in [0.3, 0.4) is 0 Å². The lowest BCUT2D eigenvalue weighted by atomic mass is 10.1. The normalized spacial score (nSPS) is 24.9. The molecule has 0 bridgehead atoms. The number of halogens is 2. The van der Waals surface area contributed by atoms with Gasteiger partial charge in [-0.1, -0.05) is 41.4 Å². The molecule has 1 aliphatic heterocycles. The van der Waals surface area contributed by atoms with Gasteiger partial charge in [-0.25, -0.2) is 0 Å². The van der Waals surface area contributed by atoms with E-state index in [9.17, 15) is 0 Å². The van der Waals surface area contributed by atoms with Gasteiger partial charge in [0, 0.05) is 25.0 Å². The van der Waals surface area contributed by atoms with Crippen LogP contribution in [0.1, 0.15) is 31.7 Å². The summed E-state index contributed by atoms with van der Waals surface area (Å²) in [7, 11) is 1.99. The fraction of sp³-hybridized carbons (Fsp3) is 0.769. The zero-order valence-corrected chi connectivity index (χ0v) is 13.6. The van der Waals surface area contributed by atoms with Gasteiger partial charge in [0.15, 0.2) is 0 Å². The minimum atomic E-state index is 0.612. The van der Waals surface area contributed by atoms with Gasteiger partial charge in [0.05, 0.1) is 16.4 Å². The summed E-state index contributed by atoms with van der Waals surface area (Å²) in [6.07, 6.45) is 2.16. The van der Waals surface area contributed by atoms with Gasteiger partial charge in [-0.2, -0.15) is 5.10 Å². The van der Waals surface area contributed by atoms with Crippen molar-refractivity contribution >= 4 is 27.5 Å². The van der Waals surface area contributed by atoms with Crippen molar-refractivity contribution in [3.8, 4) is 0 Å². The van der Waals surface area contributed by atoms with Gasteiger partial charge in [0.1, 0.15) is 0 Å². The highest BCUT2D eigenvalue weighted by Gasteiger charge is 2.31. The summed E-state index contributed by atoms with van der Waals surface area (Å²) in [5.41, 5.74) is 2.16. The Labute approximate surface area is 123 Å². The second-order valence-corrected chi connectivity index (χ2v) is 6.17. The average Bonchev–Trinajstić information content (AvgIpc) is 2.84. The third-order valence-corrected chi connectivity index (χ3v) is 5.11. The van der Waals surface area contributed by atoms with Crippen molar-refractivity contribution in [2.75, 3.05) is 11.9 Å². The monoisotopic (exact) mass is 333 g/mol. The number of nitrogens with zero attached hydrogens (tertiary/aromatic N) is 3. The van der Waals surface area contributed by atoms with Crippen molar-refractivity contribution in [2.24, 2.45) is 13.0 Å². The SMILES string of the molecule is CCc1nn(C)c(CN2CCC(C)C2CBr)c1Cl. The second kappa shape index (κ2) is 5.93. The number of rotatable bonds is 4. The Kier molecular flexibility index (Phi) is 4.73. The molecule has 0 N–H and O–H groups in total. The van der Waals surface area contributed by atoms with Crippen LogP contribution in [0.2, 0.25) is 5.02 Å². The van der Waals surface area contributed by atoms with E-state index < -0.39 is 0 Å². The minimum Gasteiger partial charge on any atom is -0.293 e. The highest BCUT2D eigenvalue weighted by molar-refractivity contribution is 9.09. The second-order valence-electron chi connectivity index (χ2n) is 5.14. The summed E-state index contributed by atoms with van der Waals surface area (Å²) in [5.74, 6) is 0.752. The summed E-state index contributed by atoms with van der Waals surface area (Å²) in [6.45, 7) is 6.48. The zero-order chi connectivity index (χ0) is 13.3. The first kappa shape index (κ1) is 14.4. The number of aryl methyl sites for hydroxylation is 2. The van der Waals surface area contributed by atoms with E-state index in [2.05, 4.69) is 39.8 Å². The summed E-state index contributed by atoms with van der Waals surface area (Å²) in [6, 6.07) is 0.612. The quantitative estimate of drug-likeness (QED) is 0.788. The van der Waals surface area contributed by atoms with E-state index in [0.717, 1.165) is 47.2 Å². The zero-order valence-electron chi connectivity index (χ0n) is 11.3. The molecule has 102 valence electrons. The molecule has 1 aromatic rings. The topological polar surface area (TPSA) is 21.1 Å². The molecule has 2 atom stereocenters. The maximum Gasteiger partial charge on any atom is 0.0863 e. The molecule has 1 fully saturated rings. The van der Waals surface area contributed by atoms with Crippen LogP contribution in [0.4, 0.5) is 0 Å². The van der Waals surface area contributed by atoms with Gasteiger partial charge in [-0.3, -0.25) is 9.58 Å². The molecule has 0 saturated carbocycles. The van der Waals surface area contributed by atoms with E-state index in [1.165, 1.54) is 6.42 Å². The summed E-state index contributed by atoms with van der Waals surface area (Å²) >= 11 is 10.0. The van der Waals surface area contributed by atoms with Crippen molar-refractivity contribution in [1.82, 2.24) is 14.7 Å². The molecule has 0 amide bonds. The van der Waals surface area contributed by atoms with Crippen molar-refractivity contribution in [1.29, 1.82) is 0 Å². The summed E-state index contributed by atoms with van der Waals surface area (Å²) in [5, 5.41) is 6.37. The number of alkyl halides is 1. The van der Waals surface area contributed by atoms with Crippen LogP contribution in [0, 0.1) is 5.92 Å².